The topological polar surface area (TPSA) is 122 Å². The number of hydrogen-bond donors (Lipinski definition) is 2. The van der Waals surface area contributed by atoms with Crippen LogP contribution in [0.2, 0.25) is 20.1 Å². The standard InChI is InChI=1S/C30H24Cl4N8O2/c31-21-5-6-24(25(34)14-21)29(44)41-9-7-18(8-10-41)27-15-26(20-11-22(32)13-23(33)12-20)38-42(27)16-17-1-3-19(4-2-17)28(43)35-30-36-39-40-37-30/h1-6,11-15,18H,7-10,16H2,(H2,35,36,37,39,40,43). The molecule has 0 atom stereocenters. The van der Waals surface area contributed by atoms with Crippen molar-refractivity contribution in [1.82, 2.24) is 35.3 Å². The monoisotopic (exact) mass is 668 g/mol. The van der Waals surface area contributed by atoms with Crippen LogP contribution in [0.3, 0.4) is 0 Å². The Labute approximate surface area is 272 Å². The van der Waals surface area contributed by atoms with Gasteiger partial charge in [0.05, 0.1) is 22.8 Å². The zero-order valence-corrected chi connectivity index (χ0v) is 26.0. The molecule has 3 aromatic carbocycles. The summed E-state index contributed by atoms with van der Waals surface area (Å²) >= 11 is 24.9. The van der Waals surface area contributed by atoms with Crippen molar-refractivity contribution in [2.45, 2.75) is 25.3 Å². The molecule has 0 unspecified atom stereocenters. The van der Waals surface area contributed by atoms with E-state index in [1.165, 1.54) is 0 Å². The molecule has 1 fully saturated rings. The van der Waals surface area contributed by atoms with Crippen molar-refractivity contribution in [3.8, 4) is 11.3 Å². The minimum Gasteiger partial charge on any atom is -0.339 e. The molecule has 224 valence electrons. The second-order valence-electron chi connectivity index (χ2n) is 10.3. The van der Waals surface area contributed by atoms with Crippen LogP contribution in [-0.4, -0.2) is 60.2 Å². The molecule has 1 aliphatic rings. The van der Waals surface area contributed by atoms with Gasteiger partial charge in [0, 0.05) is 50.9 Å². The molecule has 0 aliphatic carbocycles. The molecule has 2 aromatic heterocycles. The summed E-state index contributed by atoms with van der Waals surface area (Å²) in [6.07, 6.45) is 1.49. The number of nitrogens with one attached hydrogen (secondary N) is 2. The molecular weight excluding hydrogens is 646 g/mol. The molecule has 0 saturated carbocycles. The zero-order chi connectivity index (χ0) is 30.8. The van der Waals surface area contributed by atoms with Gasteiger partial charge in [0.1, 0.15) is 0 Å². The quantitative estimate of drug-likeness (QED) is 0.193. The molecule has 1 saturated heterocycles. The third kappa shape index (κ3) is 6.73. The van der Waals surface area contributed by atoms with Gasteiger partial charge in [-0.1, -0.05) is 63.6 Å². The first-order valence-electron chi connectivity index (χ1n) is 13.7. The highest BCUT2D eigenvalue weighted by atomic mass is 35.5. The van der Waals surface area contributed by atoms with E-state index in [0.29, 0.717) is 50.9 Å². The Morgan fingerprint density at radius 2 is 1.61 bits per heavy atom. The lowest BCUT2D eigenvalue weighted by molar-refractivity contribution is 0.0711. The van der Waals surface area contributed by atoms with Gasteiger partial charge in [0.2, 0.25) is 0 Å². The van der Waals surface area contributed by atoms with Crippen molar-refractivity contribution in [3.05, 3.63) is 109 Å². The number of rotatable bonds is 7. The highest BCUT2D eigenvalue weighted by Gasteiger charge is 2.28. The number of carbonyl (C=O) groups excluding carboxylic acids is 2. The first kappa shape index (κ1) is 30.1. The number of aromatic nitrogens is 6. The fraction of sp³-hybridized carbons (Fsp3) is 0.200. The number of H-pyrrole nitrogens is 1. The number of piperidine rings is 1. The van der Waals surface area contributed by atoms with Gasteiger partial charge in [-0.25, -0.2) is 0 Å². The molecule has 2 N–H and O–H groups in total. The number of halogens is 4. The number of benzene rings is 3. The highest BCUT2D eigenvalue weighted by Crippen LogP contribution is 2.34. The smallest absolute Gasteiger partial charge is 0.270 e. The summed E-state index contributed by atoms with van der Waals surface area (Å²) in [5.74, 6) is -0.219. The Balaban J connectivity index is 1.23. The van der Waals surface area contributed by atoms with E-state index in [1.807, 2.05) is 33.8 Å². The molecule has 3 heterocycles. The van der Waals surface area contributed by atoms with E-state index < -0.39 is 0 Å². The Morgan fingerprint density at radius 3 is 2.27 bits per heavy atom. The lowest BCUT2D eigenvalue weighted by Gasteiger charge is -2.32. The average molecular weight is 670 g/mol. The van der Waals surface area contributed by atoms with E-state index >= 15 is 0 Å². The normalized spacial score (nSPS) is 13.7. The van der Waals surface area contributed by atoms with E-state index in [9.17, 15) is 9.59 Å². The number of nitrogens with zero attached hydrogens (tertiary/aromatic N) is 6. The molecule has 2 amide bonds. The Kier molecular flexibility index (Phi) is 8.86. The second-order valence-corrected chi connectivity index (χ2v) is 12.1. The van der Waals surface area contributed by atoms with Crippen molar-refractivity contribution >= 4 is 64.2 Å². The number of hydrogen-bond acceptors (Lipinski definition) is 6. The summed E-state index contributed by atoms with van der Waals surface area (Å²) in [5, 5.41) is 22.6. The summed E-state index contributed by atoms with van der Waals surface area (Å²) in [6, 6.07) is 19.5. The lowest BCUT2D eigenvalue weighted by atomic mass is 9.92. The predicted molar refractivity (Wildman–Crippen MR) is 170 cm³/mol. The summed E-state index contributed by atoms with van der Waals surface area (Å²) in [7, 11) is 0. The molecule has 1 aliphatic heterocycles. The fourth-order valence-electron chi connectivity index (χ4n) is 5.26. The summed E-state index contributed by atoms with van der Waals surface area (Å²) < 4.78 is 1.97. The largest absolute Gasteiger partial charge is 0.339 e. The average Bonchev–Trinajstić information content (AvgIpc) is 3.67. The number of likely N-dealkylation sites (tertiary alicyclic amines) is 1. The predicted octanol–water partition coefficient (Wildman–Crippen LogP) is 7.00. The third-order valence-corrected chi connectivity index (χ3v) is 8.43. The molecule has 44 heavy (non-hydrogen) atoms. The number of amides is 2. The van der Waals surface area contributed by atoms with Crippen LogP contribution in [0.5, 0.6) is 0 Å². The van der Waals surface area contributed by atoms with Gasteiger partial charge in [-0.05, 0) is 78.2 Å². The molecular formula is C30H24Cl4N8O2. The number of carbonyl (C=O) groups is 2. The summed E-state index contributed by atoms with van der Waals surface area (Å²) in [4.78, 5) is 27.6. The van der Waals surface area contributed by atoms with Crippen LogP contribution in [0.25, 0.3) is 11.3 Å². The third-order valence-electron chi connectivity index (χ3n) is 7.45. The van der Waals surface area contributed by atoms with Crippen molar-refractivity contribution in [2.24, 2.45) is 0 Å². The van der Waals surface area contributed by atoms with Crippen molar-refractivity contribution < 1.29 is 9.59 Å². The van der Waals surface area contributed by atoms with Crippen molar-refractivity contribution in [3.63, 3.8) is 0 Å². The van der Waals surface area contributed by atoms with Gasteiger partial charge >= 0.3 is 0 Å². The van der Waals surface area contributed by atoms with Gasteiger partial charge in [-0.3, -0.25) is 19.6 Å². The molecule has 0 spiro atoms. The number of tetrazole rings is 1. The van der Waals surface area contributed by atoms with Gasteiger partial charge in [0.25, 0.3) is 17.8 Å². The van der Waals surface area contributed by atoms with Crippen LogP contribution in [0.1, 0.15) is 50.7 Å². The Morgan fingerprint density at radius 1 is 0.886 bits per heavy atom. The Hall–Kier alpha value is -3.96. The van der Waals surface area contributed by atoms with Gasteiger partial charge in [-0.2, -0.15) is 10.3 Å². The zero-order valence-electron chi connectivity index (χ0n) is 23.0. The van der Waals surface area contributed by atoms with Crippen molar-refractivity contribution in [2.75, 3.05) is 18.4 Å². The first-order chi connectivity index (χ1) is 21.2. The van der Waals surface area contributed by atoms with Crippen molar-refractivity contribution in [1.29, 1.82) is 0 Å². The maximum absolute atomic E-state index is 13.2. The molecule has 0 radical (unpaired) electrons. The van der Waals surface area contributed by atoms with Gasteiger partial charge in [-0.15, -0.1) is 5.10 Å². The highest BCUT2D eigenvalue weighted by molar-refractivity contribution is 6.37. The summed E-state index contributed by atoms with van der Waals surface area (Å²) in [5.41, 5.74) is 4.42. The van der Waals surface area contributed by atoms with E-state index in [2.05, 4.69) is 32.0 Å². The minimum atomic E-state index is -0.348. The number of anilines is 1. The second kappa shape index (κ2) is 13.0. The maximum atomic E-state index is 13.2. The molecule has 5 aromatic rings. The molecule has 10 nitrogen and oxygen atoms in total. The van der Waals surface area contributed by atoms with Crippen LogP contribution >= 0.6 is 46.4 Å². The SMILES string of the molecule is O=C(Nc1nn[nH]n1)c1ccc(Cn2nc(-c3cc(Cl)cc(Cl)c3)cc2C2CCN(C(=O)c3ccc(Cl)cc3Cl)CC2)cc1. The van der Waals surface area contributed by atoms with E-state index in [0.717, 1.165) is 35.4 Å². The van der Waals surface area contributed by atoms with E-state index in [4.69, 9.17) is 51.5 Å². The van der Waals surface area contributed by atoms with Crippen LogP contribution in [0.15, 0.2) is 66.7 Å². The van der Waals surface area contributed by atoms with E-state index in [1.54, 1.807) is 36.4 Å². The molecule has 14 heteroatoms. The van der Waals surface area contributed by atoms with Crippen LogP contribution < -0.4 is 5.32 Å². The van der Waals surface area contributed by atoms with Gasteiger partial charge in [0.15, 0.2) is 0 Å². The van der Waals surface area contributed by atoms with Crippen LogP contribution in [-0.2, 0) is 6.54 Å². The summed E-state index contributed by atoms with van der Waals surface area (Å²) in [6.45, 7) is 1.60. The first-order valence-corrected chi connectivity index (χ1v) is 15.2. The minimum absolute atomic E-state index is 0.0953. The van der Waals surface area contributed by atoms with E-state index in [-0.39, 0.29) is 23.7 Å². The fourth-order valence-corrected chi connectivity index (χ4v) is 6.28. The lowest BCUT2D eigenvalue weighted by Crippen LogP contribution is -2.38. The molecule has 6 rings (SSSR count). The van der Waals surface area contributed by atoms with Crippen LogP contribution in [0, 0.1) is 0 Å². The Bertz CT molecular complexity index is 1800. The number of aromatic amines is 1. The van der Waals surface area contributed by atoms with Gasteiger partial charge < -0.3 is 4.90 Å². The maximum Gasteiger partial charge on any atom is 0.270 e. The molecule has 0 bridgehead atoms. The van der Waals surface area contributed by atoms with Crippen LogP contribution in [0.4, 0.5) is 5.95 Å².